The van der Waals surface area contributed by atoms with Crippen molar-refractivity contribution in [2.45, 2.75) is 44.7 Å². The SMILES string of the molecule is CN=C(NCC(c1cnn(C)c1)N(C)C)NC1CCCC(C)C1. The van der Waals surface area contributed by atoms with Crippen LogP contribution in [0.2, 0.25) is 0 Å². The fourth-order valence-electron chi connectivity index (χ4n) is 3.36. The van der Waals surface area contributed by atoms with Crippen molar-refractivity contribution in [3.8, 4) is 0 Å². The van der Waals surface area contributed by atoms with Gasteiger partial charge in [-0.15, -0.1) is 0 Å². The van der Waals surface area contributed by atoms with Crippen LogP contribution in [0.5, 0.6) is 0 Å². The molecule has 0 radical (unpaired) electrons. The number of aromatic nitrogens is 2. The smallest absolute Gasteiger partial charge is 0.191 e. The Bertz CT molecular complexity index is 507. The second-order valence-electron chi connectivity index (χ2n) is 6.99. The van der Waals surface area contributed by atoms with Gasteiger partial charge in [-0.1, -0.05) is 19.8 Å². The minimum Gasteiger partial charge on any atom is -0.354 e. The van der Waals surface area contributed by atoms with Gasteiger partial charge in [0.15, 0.2) is 5.96 Å². The third-order valence-electron chi connectivity index (χ3n) is 4.70. The van der Waals surface area contributed by atoms with Gasteiger partial charge in [0.2, 0.25) is 0 Å². The summed E-state index contributed by atoms with van der Waals surface area (Å²) in [5, 5.41) is 11.4. The summed E-state index contributed by atoms with van der Waals surface area (Å²) in [4.78, 5) is 6.60. The van der Waals surface area contributed by atoms with Crippen LogP contribution in [0.25, 0.3) is 0 Å². The van der Waals surface area contributed by atoms with Gasteiger partial charge in [-0.05, 0) is 32.9 Å². The lowest BCUT2D eigenvalue weighted by atomic mass is 9.87. The Morgan fingerprint density at radius 1 is 1.48 bits per heavy atom. The van der Waals surface area contributed by atoms with Crippen molar-refractivity contribution >= 4 is 5.96 Å². The summed E-state index contributed by atoms with van der Waals surface area (Å²) in [6.45, 7) is 3.15. The fourth-order valence-corrected chi connectivity index (χ4v) is 3.36. The molecule has 3 unspecified atom stereocenters. The third-order valence-corrected chi connectivity index (χ3v) is 4.70. The van der Waals surface area contributed by atoms with E-state index in [1.54, 1.807) is 0 Å². The molecule has 2 rings (SSSR count). The van der Waals surface area contributed by atoms with Crippen molar-refractivity contribution in [1.29, 1.82) is 0 Å². The lowest BCUT2D eigenvalue weighted by Crippen LogP contribution is -2.47. The first-order valence-corrected chi connectivity index (χ1v) is 8.61. The topological polar surface area (TPSA) is 57.5 Å². The lowest BCUT2D eigenvalue weighted by molar-refractivity contribution is 0.295. The molecule has 1 aromatic heterocycles. The van der Waals surface area contributed by atoms with Crippen LogP contribution in [0, 0.1) is 5.92 Å². The standard InChI is InChI=1S/C17H32N6/c1-13-7-6-8-15(9-13)21-17(18-2)19-11-16(22(3)4)14-10-20-23(5)12-14/h10,12-13,15-16H,6-9,11H2,1-5H3,(H2,18,19,21). The van der Waals surface area contributed by atoms with E-state index in [2.05, 4.69) is 52.8 Å². The number of hydrogen-bond acceptors (Lipinski definition) is 3. The van der Waals surface area contributed by atoms with Crippen LogP contribution < -0.4 is 10.6 Å². The molecule has 2 N–H and O–H groups in total. The van der Waals surface area contributed by atoms with E-state index in [1.807, 2.05) is 25.0 Å². The highest BCUT2D eigenvalue weighted by Gasteiger charge is 2.21. The van der Waals surface area contributed by atoms with Gasteiger partial charge in [0.05, 0.1) is 12.2 Å². The molecule has 130 valence electrons. The molecule has 6 nitrogen and oxygen atoms in total. The van der Waals surface area contributed by atoms with Crippen LogP contribution in [0.15, 0.2) is 17.4 Å². The Hall–Kier alpha value is -1.56. The summed E-state index contributed by atoms with van der Waals surface area (Å²) < 4.78 is 1.85. The maximum atomic E-state index is 4.39. The number of guanidine groups is 1. The van der Waals surface area contributed by atoms with Gasteiger partial charge in [-0.3, -0.25) is 9.67 Å². The molecule has 0 spiro atoms. The monoisotopic (exact) mass is 320 g/mol. The van der Waals surface area contributed by atoms with Crippen molar-refractivity contribution in [3.05, 3.63) is 18.0 Å². The Morgan fingerprint density at radius 2 is 2.26 bits per heavy atom. The highest BCUT2D eigenvalue weighted by atomic mass is 15.3. The van der Waals surface area contributed by atoms with Crippen LogP contribution in [0.1, 0.15) is 44.2 Å². The number of nitrogens with one attached hydrogen (secondary N) is 2. The lowest BCUT2D eigenvalue weighted by Gasteiger charge is -2.30. The van der Waals surface area contributed by atoms with E-state index < -0.39 is 0 Å². The molecule has 6 heteroatoms. The van der Waals surface area contributed by atoms with E-state index in [4.69, 9.17) is 0 Å². The predicted molar refractivity (Wildman–Crippen MR) is 95.6 cm³/mol. The molecule has 0 aliphatic heterocycles. The summed E-state index contributed by atoms with van der Waals surface area (Å²) in [5.74, 6) is 1.71. The summed E-state index contributed by atoms with van der Waals surface area (Å²) in [6, 6.07) is 0.814. The van der Waals surface area contributed by atoms with Crippen molar-refractivity contribution < 1.29 is 0 Å². The van der Waals surface area contributed by atoms with Gasteiger partial charge < -0.3 is 15.5 Å². The summed E-state index contributed by atoms with van der Waals surface area (Å²) in [6.07, 6.45) is 9.15. The second-order valence-corrected chi connectivity index (χ2v) is 6.99. The molecule has 1 saturated carbocycles. The Morgan fingerprint density at radius 3 is 2.83 bits per heavy atom. The summed E-state index contributed by atoms with van der Waals surface area (Å²) in [5.41, 5.74) is 1.21. The molecule has 0 amide bonds. The third kappa shape index (κ3) is 5.23. The van der Waals surface area contributed by atoms with Crippen molar-refractivity contribution in [3.63, 3.8) is 0 Å². The van der Waals surface area contributed by atoms with Gasteiger partial charge in [0.25, 0.3) is 0 Å². The zero-order valence-electron chi connectivity index (χ0n) is 15.2. The van der Waals surface area contributed by atoms with Crippen LogP contribution >= 0.6 is 0 Å². The molecular weight excluding hydrogens is 288 g/mol. The zero-order valence-corrected chi connectivity index (χ0v) is 15.2. The Balaban J connectivity index is 1.90. The second kappa shape index (κ2) is 8.34. The molecule has 1 heterocycles. The molecule has 23 heavy (non-hydrogen) atoms. The number of nitrogens with zero attached hydrogens (tertiary/aromatic N) is 4. The van der Waals surface area contributed by atoms with E-state index in [1.165, 1.54) is 31.2 Å². The van der Waals surface area contributed by atoms with Gasteiger partial charge in [0.1, 0.15) is 0 Å². The van der Waals surface area contributed by atoms with Crippen LogP contribution in [-0.4, -0.2) is 54.4 Å². The Kier molecular flexibility index (Phi) is 6.45. The first kappa shape index (κ1) is 17.8. The van der Waals surface area contributed by atoms with Crippen LogP contribution in [0.3, 0.4) is 0 Å². The number of aryl methyl sites for hydroxylation is 1. The van der Waals surface area contributed by atoms with E-state index >= 15 is 0 Å². The van der Waals surface area contributed by atoms with E-state index in [9.17, 15) is 0 Å². The molecule has 1 aliphatic carbocycles. The number of rotatable bonds is 5. The van der Waals surface area contributed by atoms with E-state index in [0.29, 0.717) is 6.04 Å². The van der Waals surface area contributed by atoms with E-state index in [0.717, 1.165) is 18.4 Å². The first-order valence-electron chi connectivity index (χ1n) is 8.61. The number of likely N-dealkylation sites (N-methyl/N-ethyl adjacent to an activating group) is 1. The molecule has 0 bridgehead atoms. The highest BCUT2D eigenvalue weighted by molar-refractivity contribution is 5.80. The maximum absolute atomic E-state index is 4.39. The van der Waals surface area contributed by atoms with Gasteiger partial charge >= 0.3 is 0 Å². The van der Waals surface area contributed by atoms with Crippen molar-refractivity contribution in [1.82, 2.24) is 25.3 Å². The molecule has 1 aromatic rings. The quantitative estimate of drug-likeness (QED) is 0.641. The van der Waals surface area contributed by atoms with Crippen LogP contribution in [0.4, 0.5) is 0 Å². The summed E-state index contributed by atoms with van der Waals surface area (Å²) in [7, 11) is 7.99. The van der Waals surface area contributed by atoms with Crippen molar-refractivity contribution in [2.75, 3.05) is 27.7 Å². The minimum atomic E-state index is 0.271. The largest absolute Gasteiger partial charge is 0.354 e. The number of hydrogen-bond donors (Lipinski definition) is 2. The highest BCUT2D eigenvalue weighted by Crippen LogP contribution is 2.23. The van der Waals surface area contributed by atoms with Crippen LogP contribution in [-0.2, 0) is 7.05 Å². The Labute approximate surface area is 140 Å². The maximum Gasteiger partial charge on any atom is 0.191 e. The fraction of sp³-hybridized carbons (Fsp3) is 0.765. The van der Waals surface area contributed by atoms with E-state index in [-0.39, 0.29) is 6.04 Å². The molecule has 1 aliphatic rings. The van der Waals surface area contributed by atoms with Gasteiger partial charge in [-0.25, -0.2) is 0 Å². The zero-order chi connectivity index (χ0) is 16.8. The van der Waals surface area contributed by atoms with Gasteiger partial charge in [-0.2, -0.15) is 5.10 Å². The predicted octanol–water partition coefficient (Wildman–Crippen LogP) is 1.77. The molecular formula is C17H32N6. The van der Waals surface area contributed by atoms with Crippen molar-refractivity contribution in [2.24, 2.45) is 18.0 Å². The average molecular weight is 320 g/mol. The molecule has 1 fully saturated rings. The normalized spacial score (nSPS) is 23.8. The average Bonchev–Trinajstić information content (AvgIpc) is 2.92. The molecule has 0 aromatic carbocycles. The molecule has 3 atom stereocenters. The van der Waals surface area contributed by atoms with Gasteiger partial charge in [0, 0.05) is 38.4 Å². The first-order chi connectivity index (χ1) is 11.0. The number of aliphatic imine (C=N–C) groups is 1. The minimum absolute atomic E-state index is 0.271. The molecule has 0 saturated heterocycles. The summed E-state index contributed by atoms with van der Waals surface area (Å²) >= 11 is 0.